The van der Waals surface area contributed by atoms with Crippen LogP contribution in [0.15, 0.2) is 22.6 Å². The first-order chi connectivity index (χ1) is 9.08. The Morgan fingerprint density at radius 3 is 2.84 bits per heavy atom. The molecule has 6 heteroatoms. The molecule has 2 N–H and O–H groups in total. The first-order valence-corrected chi connectivity index (χ1v) is 5.99. The fourth-order valence-electron chi connectivity index (χ4n) is 1.67. The highest BCUT2D eigenvalue weighted by atomic mass is 16.4. The van der Waals surface area contributed by atoms with E-state index in [1.807, 2.05) is 19.9 Å². The zero-order valence-corrected chi connectivity index (χ0v) is 10.8. The van der Waals surface area contributed by atoms with E-state index in [0.29, 0.717) is 23.9 Å². The number of carboxylic acids is 1. The van der Waals surface area contributed by atoms with Crippen molar-refractivity contribution in [1.82, 2.24) is 9.97 Å². The third-order valence-corrected chi connectivity index (χ3v) is 2.57. The molecule has 0 radical (unpaired) electrons. The van der Waals surface area contributed by atoms with E-state index >= 15 is 0 Å². The second-order valence-electron chi connectivity index (χ2n) is 4.07. The van der Waals surface area contributed by atoms with Crippen LogP contribution in [0, 0.1) is 6.92 Å². The molecule has 2 heterocycles. The molecule has 0 aliphatic carbocycles. The van der Waals surface area contributed by atoms with Crippen molar-refractivity contribution in [2.24, 2.45) is 0 Å². The monoisotopic (exact) mass is 261 g/mol. The van der Waals surface area contributed by atoms with Crippen molar-refractivity contribution in [1.29, 1.82) is 0 Å². The largest absolute Gasteiger partial charge is 0.475 e. The molecular weight excluding hydrogens is 246 g/mol. The minimum Gasteiger partial charge on any atom is -0.475 e. The number of anilines is 1. The summed E-state index contributed by atoms with van der Waals surface area (Å²) >= 11 is 0. The summed E-state index contributed by atoms with van der Waals surface area (Å²) in [4.78, 5) is 19.2. The number of carbonyl (C=O) groups is 1. The Balaban J connectivity index is 2.05. The van der Waals surface area contributed by atoms with Crippen molar-refractivity contribution in [2.45, 2.75) is 26.8 Å². The van der Waals surface area contributed by atoms with Crippen LogP contribution in [-0.4, -0.2) is 21.0 Å². The Hall–Kier alpha value is -2.37. The van der Waals surface area contributed by atoms with Crippen LogP contribution in [0.25, 0.3) is 0 Å². The third-order valence-electron chi connectivity index (χ3n) is 2.57. The maximum absolute atomic E-state index is 10.7. The van der Waals surface area contributed by atoms with Crippen LogP contribution in [0.2, 0.25) is 0 Å². The highest BCUT2D eigenvalue weighted by molar-refractivity contribution is 5.84. The zero-order valence-electron chi connectivity index (χ0n) is 10.8. The molecule has 0 unspecified atom stereocenters. The highest BCUT2D eigenvalue weighted by Gasteiger charge is 2.09. The van der Waals surface area contributed by atoms with E-state index in [2.05, 4.69) is 15.3 Å². The van der Waals surface area contributed by atoms with Gasteiger partial charge in [0.05, 0.1) is 6.54 Å². The Bertz CT molecular complexity index is 593. The highest BCUT2D eigenvalue weighted by Crippen LogP contribution is 2.12. The molecule has 0 saturated carbocycles. The Morgan fingerprint density at radius 1 is 1.42 bits per heavy atom. The number of aromatic carboxylic acids is 1. The molecule has 0 saturated heterocycles. The smallest absolute Gasteiger partial charge is 0.371 e. The minimum atomic E-state index is -1.07. The summed E-state index contributed by atoms with van der Waals surface area (Å²) < 4.78 is 5.15. The van der Waals surface area contributed by atoms with Crippen LogP contribution in [0.4, 0.5) is 5.82 Å². The number of aromatic nitrogens is 2. The van der Waals surface area contributed by atoms with Gasteiger partial charge in [0, 0.05) is 11.8 Å². The number of hydrogen-bond acceptors (Lipinski definition) is 5. The van der Waals surface area contributed by atoms with Gasteiger partial charge in [0.15, 0.2) is 0 Å². The van der Waals surface area contributed by atoms with Crippen LogP contribution in [0.3, 0.4) is 0 Å². The van der Waals surface area contributed by atoms with Crippen LogP contribution >= 0.6 is 0 Å². The molecule has 0 aliphatic heterocycles. The average Bonchev–Trinajstić information content (AvgIpc) is 2.84. The van der Waals surface area contributed by atoms with E-state index in [0.717, 1.165) is 12.1 Å². The standard InChI is InChI=1S/C13H15N3O3/c1-3-9-6-12(16-8(2)15-9)14-7-10-4-5-11(19-10)13(17)18/h4-6H,3,7H2,1-2H3,(H,17,18)(H,14,15,16). The van der Waals surface area contributed by atoms with E-state index in [-0.39, 0.29) is 5.76 Å². The van der Waals surface area contributed by atoms with Gasteiger partial charge in [-0.2, -0.15) is 0 Å². The SMILES string of the molecule is CCc1cc(NCc2ccc(C(=O)O)o2)nc(C)n1. The molecular formula is C13H15N3O3. The molecule has 2 aromatic heterocycles. The lowest BCUT2D eigenvalue weighted by molar-refractivity contribution is 0.0660. The van der Waals surface area contributed by atoms with Gasteiger partial charge in [0.2, 0.25) is 5.76 Å². The van der Waals surface area contributed by atoms with E-state index in [9.17, 15) is 4.79 Å². The number of aryl methyl sites for hydroxylation is 2. The molecule has 0 amide bonds. The molecule has 0 aliphatic rings. The predicted molar refractivity (Wildman–Crippen MR) is 69.1 cm³/mol. The zero-order chi connectivity index (χ0) is 13.8. The van der Waals surface area contributed by atoms with E-state index in [1.165, 1.54) is 6.07 Å². The molecule has 2 rings (SSSR count). The van der Waals surface area contributed by atoms with Crippen molar-refractivity contribution < 1.29 is 14.3 Å². The molecule has 6 nitrogen and oxygen atoms in total. The topological polar surface area (TPSA) is 88.2 Å². The first-order valence-electron chi connectivity index (χ1n) is 5.99. The second kappa shape index (κ2) is 5.51. The van der Waals surface area contributed by atoms with E-state index < -0.39 is 5.97 Å². The first kappa shape index (κ1) is 13.1. The van der Waals surface area contributed by atoms with E-state index in [4.69, 9.17) is 9.52 Å². The van der Waals surface area contributed by atoms with Crippen molar-refractivity contribution >= 4 is 11.8 Å². The maximum atomic E-state index is 10.7. The molecule has 19 heavy (non-hydrogen) atoms. The van der Waals surface area contributed by atoms with Crippen molar-refractivity contribution in [3.05, 3.63) is 41.2 Å². The number of hydrogen-bond donors (Lipinski definition) is 2. The molecule has 0 aromatic carbocycles. The number of nitrogens with zero attached hydrogens (tertiary/aromatic N) is 2. The Labute approximate surface area is 110 Å². The van der Waals surface area contributed by atoms with Gasteiger partial charge in [-0.25, -0.2) is 14.8 Å². The summed E-state index contributed by atoms with van der Waals surface area (Å²) in [5, 5.41) is 11.8. The van der Waals surface area contributed by atoms with Gasteiger partial charge >= 0.3 is 5.97 Å². The average molecular weight is 261 g/mol. The number of furan rings is 1. The van der Waals surface area contributed by atoms with Crippen LogP contribution < -0.4 is 5.32 Å². The van der Waals surface area contributed by atoms with Gasteiger partial charge < -0.3 is 14.8 Å². The maximum Gasteiger partial charge on any atom is 0.371 e. The Morgan fingerprint density at radius 2 is 2.21 bits per heavy atom. The van der Waals surface area contributed by atoms with Gasteiger partial charge in [0.1, 0.15) is 17.4 Å². The van der Waals surface area contributed by atoms with Crippen molar-refractivity contribution in [3.63, 3.8) is 0 Å². The van der Waals surface area contributed by atoms with Crippen LogP contribution in [0.1, 0.15) is 34.8 Å². The summed E-state index contributed by atoms with van der Waals surface area (Å²) in [6.07, 6.45) is 0.835. The van der Waals surface area contributed by atoms with Gasteiger partial charge in [-0.15, -0.1) is 0 Å². The van der Waals surface area contributed by atoms with Gasteiger partial charge in [-0.1, -0.05) is 6.92 Å². The molecule has 0 bridgehead atoms. The molecule has 0 fully saturated rings. The molecule has 100 valence electrons. The lowest BCUT2D eigenvalue weighted by Gasteiger charge is -2.06. The summed E-state index contributed by atoms with van der Waals surface area (Å²) in [5.74, 6) is 0.819. The normalized spacial score (nSPS) is 10.4. The fraction of sp³-hybridized carbons (Fsp3) is 0.308. The van der Waals surface area contributed by atoms with Crippen molar-refractivity contribution in [3.8, 4) is 0 Å². The van der Waals surface area contributed by atoms with Gasteiger partial charge in [0.25, 0.3) is 0 Å². The Kier molecular flexibility index (Phi) is 3.79. The second-order valence-corrected chi connectivity index (χ2v) is 4.07. The third kappa shape index (κ3) is 3.31. The lowest BCUT2D eigenvalue weighted by atomic mass is 10.3. The lowest BCUT2D eigenvalue weighted by Crippen LogP contribution is -2.04. The summed E-state index contributed by atoms with van der Waals surface area (Å²) in [6.45, 7) is 4.24. The van der Waals surface area contributed by atoms with Crippen LogP contribution in [0.5, 0.6) is 0 Å². The molecule has 2 aromatic rings. The minimum absolute atomic E-state index is 0.0649. The quantitative estimate of drug-likeness (QED) is 0.858. The number of carboxylic acid groups (broad SMARTS) is 1. The summed E-state index contributed by atoms with van der Waals surface area (Å²) in [5.41, 5.74) is 0.959. The fourth-order valence-corrected chi connectivity index (χ4v) is 1.67. The molecule has 0 spiro atoms. The number of rotatable bonds is 5. The summed E-state index contributed by atoms with van der Waals surface area (Å²) in [7, 11) is 0. The van der Waals surface area contributed by atoms with Crippen LogP contribution in [-0.2, 0) is 13.0 Å². The predicted octanol–water partition coefficient (Wildman–Crippen LogP) is 2.25. The summed E-state index contributed by atoms with van der Waals surface area (Å²) in [6, 6.07) is 4.93. The van der Waals surface area contributed by atoms with Crippen molar-refractivity contribution in [2.75, 3.05) is 5.32 Å². The van der Waals surface area contributed by atoms with Gasteiger partial charge in [-0.3, -0.25) is 0 Å². The number of nitrogens with one attached hydrogen (secondary N) is 1. The van der Waals surface area contributed by atoms with E-state index in [1.54, 1.807) is 6.07 Å². The molecule has 0 atom stereocenters. The van der Waals surface area contributed by atoms with Gasteiger partial charge in [-0.05, 0) is 25.5 Å².